The van der Waals surface area contributed by atoms with Gasteiger partial charge in [0.25, 0.3) is 0 Å². The Hall–Kier alpha value is -0.120. The summed E-state index contributed by atoms with van der Waals surface area (Å²) in [5.74, 6) is 0.784. The molecule has 1 aliphatic carbocycles. The molecule has 4 atom stereocenters. The standard InChI is InChI=1S/C15H28O3/c1-5-16-15(4,17-6-2)11(3)9-12-7-8-13-14(10-12)18-13/h11-14H,5-10H2,1-4H3. The molecular formula is C15H28O3. The number of rotatable bonds is 7. The van der Waals surface area contributed by atoms with Crippen LogP contribution in [0, 0.1) is 11.8 Å². The van der Waals surface area contributed by atoms with Gasteiger partial charge in [0.05, 0.1) is 12.2 Å². The Morgan fingerprint density at radius 2 is 1.83 bits per heavy atom. The third-order valence-electron chi connectivity index (χ3n) is 4.56. The van der Waals surface area contributed by atoms with Crippen molar-refractivity contribution in [2.24, 2.45) is 11.8 Å². The van der Waals surface area contributed by atoms with Crippen LogP contribution in [0.5, 0.6) is 0 Å². The summed E-state index contributed by atoms with van der Waals surface area (Å²) >= 11 is 0. The molecule has 2 rings (SSSR count). The monoisotopic (exact) mass is 256 g/mol. The van der Waals surface area contributed by atoms with Gasteiger partial charge >= 0.3 is 0 Å². The molecule has 18 heavy (non-hydrogen) atoms. The van der Waals surface area contributed by atoms with Gasteiger partial charge in [0, 0.05) is 19.1 Å². The third-order valence-corrected chi connectivity index (χ3v) is 4.56. The summed E-state index contributed by atoms with van der Waals surface area (Å²) in [6, 6.07) is 0. The fraction of sp³-hybridized carbons (Fsp3) is 1.00. The van der Waals surface area contributed by atoms with Crippen molar-refractivity contribution in [2.75, 3.05) is 13.2 Å². The lowest BCUT2D eigenvalue weighted by Crippen LogP contribution is -2.40. The van der Waals surface area contributed by atoms with Crippen LogP contribution in [0.2, 0.25) is 0 Å². The van der Waals surface area contributed by atoms with Gasteiger partial charge in [0.15, 0.2) is 5.79 Å². The average molecular weight is 256 g/mol. The Labute approximate surface area is 111 Å². The van der Waals surface area contributed by atoms with Crippen LogP contribution >= 0.6 is 0 Å². The predicted octanol–water partition coefficient (Wildman–Crippen LogP) is 3.37. The van der Waals surface area contributed by atoms with E-state index in [0.29, 0.717) is 31.3 Å². The molecule has 1 aliphatic heterocycles. The van der Waals surface area contributed by atoms with Crippen molar-refractivity contribution in [3.63, 3.8) is 0 Å². The Kier molecular flexibility index (Phi) is 4.68. The number of hydrogen-bond acceptors (Lipinski definition) is 3. The van der Waals surface area contributed by atoms with Gasteiger partial charge in [-0.3, -0.25) is 0 Å². The molecule has 0 amide bonds. The molecule has 0 N–H and O–H groups in total. The van der Waals surface area contributed by atoms with Crippen molar-refractivity contribution in [2.45, 2.75) is 71.4 Å². The van der Waals surface area contributed by atoms with Crippen LogP contribution in [0.1, 0.15) is 53.4 Å². The minimum Gasteiger partial charge on any atom is -0.370 e. The molecule has 0 aromatic rings. The lowest BCUT2D eigenvalue weighted by molar-refractivity contribution is -0.251. The number of fused-ring (bicyclic) bond motifs is 1. The molecule has 4 unspecified atom stereocenters. The van der Waals surface area contributed by atoms with Gasteiger partial charge in [0.1, 0.15) is 0 Å². The topological polar surface area (TPSA) is 31.0 Å². The van der Waals surface area contributed by atoms with E-state index in [1.807, 2.05) is 13.8 Å². The van der Waals surface area contributed by atoms with Gasteiger partial charge in [-0.1, -0.05) is 6.92 Å². The summed E-state index contributed by atoms with van der Waals surface area (Å²) in [5.41, 5.74) is 0. The van der Waals surface area contributed by atoms with E-state index in [-0.39, 0.29) is 0 Å². The van der Waals surface area contributed by atoms with Crippen molar-refractivity contribution in [1.29, 1.82) is 0 Å². The second-order valence-corrected chi connectivity index (χ2v) is 5.91. The first-order valence-electron chi connectivity index (χ1n) is 7.52. The maximum Gasteiger partial charge on any atom is 0.167 e. The first-order chi connectivity index (χ1) is 8.59. The number of ether oxygens (including phenoxy) is 3. The molecule has 0 bridgehead atoms. The van der Waals surface area contributed by atoms with Gasteiger partial charge in [-0.25, -0.2) is 0 Å². The van der Waals surface area contributed by atoms with Crippen LogP contribution < -0.4 is 0 Å². The normalized spacial score (nSPS) is 33.0. The molecule has 0 spiro atoms. The Bertz CT molecular complexity index is 260. The van der Waals surface area contributed by atoms with E-state index in [9.17, 15) is 0 Å². The molecule has 1 saturated heterocycles. The van der Waals surface area contributed by atoms with Crippen LogP contribution in [0.3, 0.4) is 0 Å². The SMILES string of the molecule is CCOC(C)(OCC)C(C)CC1CCC2OC2C1. The van der Waals surface area contributed by atoms with Crippen molar-refractivity contribution < 1.29 is 14.2 Å². The number of hydrogen-bond donors (Lipinski definition) is 0. The van der Waals surface area contributed by atoms with E-state index in [2.05, 4.69) is 13.8 Å². The summed E-state index contributed by atoms with van der Waals surface area (Å²) in [6.07, 6.45) is 6.15. The quantitative estimate of drug-likeness (QED) is 0.517. The first kappa shape index (κ1) is 14.3. The smallest absolute Gasteiger partial charge is 0.167 e. The minimum atomic E-state index is -0.426. The molecular weight excluding hydrogens is 228 g/mol. The predicted molar refractivity (Wildman–Crippen MR) is 71.4 cm³/mol. The summed E-state index contributed by atoms with van der Waals surface area (Å²) < 4.78 is 17.3. The van der Waals surface area contributed by atoms with E-state index in [1.54, 1.807) is 0 Å². The molecule has 106 valence electrons. The van der Waals surface area contributed by atoms with Crippen molar-refractivity contribution in [1.82, 2.24) is 0 Å². The van der Waals surface area contributed by atoms with Gasteiger partial charge in [-0.05, 0) is 52.4 Å². The van der Waals surface area contributed by atoms with Gasteiger partial charge in [-0.2, -0.15) is 0 Å². The highest BCUT2D eigenvalue weighted by Gasteiger charge is 2.45. The van der Waals surface area contributed by atoms with Crippen LogP contribution in [0.4, 0.5) is 0 Å². The largest absolute Gasteiger partial charge is 0.370 e. The lowest BCUT2D eigenvalue weighted by Gasteiger charge is -2.37. The highest BCUT2D eigenvalue weighted by molar-refractivity contribution is 4.92. The maximum absolute atomic E-state index is 5.86. The highest BCUT2D eigenvalue weighted by Crippen LogP contribution is 2.43. The Morgan fingerprint density at radius 1 is 1.17 bits per heavy atom. The number of epoxide rings is 1. The maximum atomic E-state index is 5.86. The fourth-order valence-electron chi connectivity index (χ4n) is 3.31. The zero-order valence-electron chi connectivity index (χ0n) is 12.3. The third kappa shape index (κ3) is 3.25. The second-order valence-electron chi connectivity index (χ2n) is 5.91. The van der Waals surface area contributed by atoms with E-state index >= 15 is 0 Å². The van der Waals surface area contributed by atoms with E-state index in [1.165, 1.54) is 25.7 Å². The highest BCUT2D eigenvalue weighted by atomic mass is 16.7. The zero-order valence-corrected chi connectivity index (χ0v) is 12.3. The van der Waals surface area contributed by atoms with Gasteiger partial charge < -0.3 is 14.2 Å². The molecule has 2 aliphatic rings. The lowest BCUT2D eigenvalue weighted by atomic mass is 9.81. The molecule has 3 heteroatoms. The van der Waals surface area contributed by atoms with Crippen LogP contribution in [-0.4, -0.2) is 31.2 Å². The van der Waals surface area contributed by atoms with Gasteiger partial charge in [0.2, 0.25) is 0 Å². The van der Waals surface area contributed by atoms with E-state index < -0.39 is 5.79 Å². The molecule has 0 radical (unpaired) electrons. The van der Waals surface area contributed by atoms with Crippen LogP contribution in [-0.2, 0) is 14.2 Å². The average Bonchev–Trinajstić information content (AvgIpc) is 3.08. The van der Waals surface area contributed by atoms with Crippen LogP contribution in [0.25, 0.3) is 0 Å². The first-order valence-corrected chi connectivity index (χ1v) is 7.52. The van der Waals surface area contributed by atoms with Crippen molar-refractivity contribution >= 4 is 0 Å². The zero-order chi connectivity index (χ0) is 13.2. The summed E-state index contributed by atoms with van der Waals surface area (Å²) in [7, 11) is 0. The molecule has 3 nitrogen and oxygen atoms in total. The van der Waals surface area contributed by atoms with Crippen LogP contribution in [0.15, 0.2) is 0 Å². The van der Waals surface area contributed by atoms with Gasteiger partial charge in [-0.15, -0.1) is 0 Å². The summed E-state index contributed by atoms with van der Waals surface area (Å²) in [6.45, 7) is 9.83. The Morgan fingerprint density at radius 3 is 2.39 bits per heavy atom. The molecule has 1 heterocycles. The molecule has 0 aromatic carbocycles. The second kappa shape index (κ2) is 5.89. The van der Waals surface area contributed by atoms with Crippen molar-refractivity contribution in [3.8, 4) is 0 Å². The minimum absolute atomic E-state index is 0.426. The fourth-order valence-corrected chi connectivity index (χ4v) is 3.31. The summed E-state index contributed by atoms with van der Waals surface area (Å²) in [5, 5.41) is 0. The summed E-state index contributed by atoms with van der Waals surface area (Å²) in [4.78, 5) is 0. The molecule has 1 saturated carbocycles. The van der Waals surface area contributed by atoms with E-state index in [4.69, 9.17) is 14.2 Å². The van der Waals surface area contributed by atoms with E-state index in [0.717, 1.165) is 5.92 Å². The molecule has 2 fully saturated rings. The molecule has 0 aromatic heterocycles. The van der Waals surface area contributed by atoms with Crippen molar-refractivity contribution in [3.05, 3.63) is 0 Å². The Balaban J connectivity index is 1.85.